The van der Waals surface area contributed by atoms with Gasteiger partial charge in [-0.2, -0.15) is 5.10 Å². The lowest BCUT2D eigenvalue weighted by atomic mass is 10.1. The van der Waals surface area contributed by atoms with Crippen LogP contribution >= 0.6 is 0 Å². The summed E-state index contributed by atoms with van der Waals surface area (Å²) in [6.45, 7) is 5.59. The molecule has 0 aliphatic heterocycles. The van der Waals surface area contributed by atoms with Gasteiger partial charge in [0.1, 0.15) is 5.75 Å². The maximum Gasteiger partial charge on any atom is 0.315 e. The van der Waals surface area contributed by atoms with Crippen molar-refractivity contribution in [3.63, 3.8) is 0 Å². The van der Waals surface area contributed by atoms with Gasteiger partial charge in [0.15, 0.2) is 12.4 Å². The van der Waals surface area contributed by atoms with Crippen LogP contribution in [0.4, 0.5) is 5.69 Å². The molecule has 0 aliphatic carbocycles. The number of nitro groups is 1. The summed E-state index contributed by atoms with van der Waals surface area (Å²) in [7, 11) is 0. The predicted octanol–water partition coefficient (Wildman–Crippen LogP) is 2.85. The van der Waals surface area contributed by atoms with E-state index in [-0.39, 0.29) is 24.5 Å². The van der Waals surface area contributed by atoms with Crippen molar-refractivity contribution < 1.29 is 24.3 Å². The Hall–Kier alpha value is -3.62. The summed E-state index contributed by atoms with van der Waals surface area (Å²) >= 11 is 0. The molecule has 2 rings (SSSR count). The maximum atomic E-state index is 11.8. The molecule has 2 N–H and O–H groups in total. The number of hydrogen-bond donors (Lipinski definition) is 2. The summed E-state index contributed by atoms with van der Waals surface area (Å²) < 4.78 is 10.6. The summed E-state index contributed by atoms with van der Waals surface area (Å²) in [5.74, 6) is -0.525. The van der Waals surface area contributed by atoms with Crippen molar-refractivity contribution in [2.45, 2.75) is 20.8 Å². The molecule has 2 aromatic carbocycles. The highest BCUT2D eigenvalue weighted by atomic mass is 16.6. The Kier molecular flexibility index (Phi) is 6.91. The third-order valence-electron chi connectivity index (χ3n) is 3.82. The van der Waals surface area contributed by atoms with E-state index in [4.69, 9.17) is 9.47 Å². The number of phenols is 1. The number of amides is 1. The number of benzene rings is 2. The molecule has 0 heterocycles. The lowest BCUT2D eigenvalue weighted by Crippen LogP contribution is -2.24. The van der Waals surface area contributed by atoms with E-state index in [2.05, 4.69) is 10.5 Å². The van der Waals surface area contributed by atoms with Crippen molar-refractivity contribution in [1.29, 1.82) is 0 Å². The topological polar surface area (TPSA) is 123 Å². The lowest BCUT2D eigenvalue weighted by Gasteiger charge is -2.08. The Morgan fingerprint density at radius 2 is 2.00 bits per heavy atom. The van der Waals surface area contributed by atoms with Crippen molar-refractivity contribution in [2.75, 3.05) is 13.2 Å². The van der Waals surface area contributed by atoms with Gasteiger partial charge in [-0.15, -0.1) is 0 Å². The number of ether oxygens (including phenoxy) is 2. The number of aromatic hydroxyl groups is 1. The van der Waals surface area contributed by atoms with Crippen molar-refractivity contribution in [2.24, 2.45) is 5.10 Å². The second-order valence-electron chi connectivity index (χ2n) is 5.90. The van der Waals surface area contributed by atoms with Gasteiger partial charge in [0.05, 0.1) is 17.7 Å². The van der Waals surface area contributed by atoms with Gasteiger partial charge >= 0.3 is 5.69 Å². The Balaban J connectivity index is 2.00. The van der Waals surface area contributed by atoms with E-state index in [1.807, 2.05) is 26.0 Å². The zero-order chi connectivity index (χ0) is 20.7. The summed E-state index contributed by atoms with van der Waals surface area (Å²) in [6, 6.07) is 8.00. The minimum atomic E-state index is -0.731. The molecule has 148 valence electrons. The van der Waals surface area contributed by atoms with Gasteiger partial charge in [-0.3, -0.25) is 14.9 Å². The van der Waals surface area contributed by atoms with E-state index in [1.54, 1.807) is 13.0 Å². The smallest absolute Gasteiger partial charge is 0.315 e. The zero-order valence-corrected chi connectivity index (χ0v) is 15.8. The predicted molar refractivity (Wildman–Crippen MR) is 103 cm³/mol. The molecule has 0 fully saturated rings. The molecule has 0 saturated heterocycles. The Morgan fingerprint density at radius 1 is 1.25 bits per heavy atom. The second kappa shape index (κ2) is 9.36. The van der Waals surface area contributed by atoms with Crippen LogP contribution in [-0.2, 0) is 4.79 Å². The lowest BCUT2D eigenvalue weighted by molar-refractivity contribution is -0.386. The van der Waals surface area contributed by atoms with Crippen molar-refractivity contribution >= 4 is 17.8 Å². The standard InChI is InChI=1S/C19H21N3O6/c1-4-27-17-9-14(8-16(19(17)24)22(25)26)10-20-21-18(23)11-28-15-6-5-12(2)13(3)7-15/h5-10,24H,4,11H2,1-3H3,(H,21,23)/b20-10+. The average molecular weight is 387 g/mol. The molecule has 0 saturated carbocycles. The van der Waals surface area contributed by atoms with Crippen LogP contribution in [0.25, 0.3) is 0 Å². The van der Waals surface area contributed by atoms with Crippen LogP contribution in [0.1, 0.15) is 23.6 Å². The van der Waals surface area contributed by atoms with Gasteiger partial charge in [-0.25, -0.2) is 5.43 Å². The molecule has 0 spiro atoms. The first-order valence-electron chi connectivity index (χ1n) is 8.48. The number of aryl methyl sites for hydroxylation is 2. The summed E-state index contributed by atoms with van der Waals surface area (Å²) in [6.07, 6.45) is 1.21. The monoisotopic (exact) mass is 387 g/mol. The van der Waals surface area contributed by atoms with Crippen LogP contribution in [-0.4, -0.2) is 35.4 Å². The van der Waals surface area contributed by atoms with Gasteiger partial charge in [0, 0.05) is 11.6 Å². The molecular weight excluding hydrogens is 366 g/mol. The highest BCUT2D eigenvalue weighted by molar-refractivity contribution is 5.85. The highest BCUT2D eigenvalue weighted by Crippen LogP contribution is 2.36. The van der Waals surface area contributed by atoms with E-state index >= 15 is 0 Å². The Morgan fingerprint density at radius 3 is 2.64 bits per heavy atom. The van der Waals surface area contributed by atoms with Gasteiger partial charge < -0.3 is 14.6 Å². The third kappa shape index (κ3) is 5.44. The normalized spacial score (nSPS) is 10.7. The van der Waals surface area contributed by atoms with E-state index in [0.29, 0.717) is 5.75 Å². The first-order valence-corrected chi connectivity index (χ1v) is 8.48. The van der Waals surface area contributed by atoms with E-state index in [0.717, 1.165) is 17.2 Å². The molecule has 1 amide bonds. The van der Waals surface area contributed by atoms with Crippen LogP contribution in [0.5, 0.6) is 17.2 Å². The summed E-state index contributed by atoms with van der Waals surface area (Å²) in [5.41, 5.74) is 4.21. The number of hydrazone groups is 1. The second-order valence-corrected chi connectivity index (χ2v) is 5.90. The average Bonchev–Trinajstić information content (AvgIpc) is 2.65. The van der Waals surface area contributed by atoms with Crippen molar-refractivity contribution in [3.05, 3.63) is 57.1 Å². The fourth-order valence-electron chi connectivity index (χ4n) is 2.26. The summed E-state index contributed by atoms with van der Waals surface area (Å²) in [5, 5.41) is 24.6. The minimum absolute atomic E-state index is 0.0393. The highest BCUT2D eigenvalue weighted by Gasteiger charge is 2.19. The fourth-order valence-corrected chi connectivity index (χ4v) is 2.26. The minimum Gasteiger partial charge on any atom is -0.500 e. The van der Waals surface area contributed by atoms with Gasteiger partial charge in [-0.1, -0.05) is 6.07 Å². The molecular formula is C19H21N3O6. The number of nitrogens with one attached hydrogen (secondary N) is 1. The zero-order valence-electron chi connectivity index (χ0n) is 15.8. The van der Waals surface area contributed by atoms with E-state index in [1.165, 1.54) is 12.3 Å². The largest absolute Gasteiger partial charge is 0.500 e. The number of hydrogen-bond acceptors (Lipinski definition) is 7. The Labute approximate surface area is 161 Å². The number of nitro benzene ring substituents is 1. The number of nitrogens with zero attached hydrogens (tertiary/aromatic N) is 2. The van der Waals surface area contributed by atoms with E-state index in [9.17, 15) is 20.0 Å². The number of carbonyl (C=O) groups is 1. The molecule has 0 aliphatic rings. The molecule has 0 bridgehead atoms. The van der Waals surface area contributed by atoms with Crippen molar-refractivity contribution in [1.82, 2.24) is 5.43 Å². The van der Waals surface area contributed by atoms with Crippen LogP contribution in [0.15, 0.2) is 35.4 Å². The Bertz CT molecular complexity index is 911. The third-order valence-corrected chi connectivity index (χ3v) is 3.82. The van der Waals surface area contributed by atoms with E-state index < -0.39 is 22.3 Å². The van der Waals surface area contributed by atoms with Gasteiger partial charge in [0.25, 0.3) is 5.91 Å². The quantitative estimate of drug-likeness (QED) is 0.408. The number of rotatable bonds is 8. The summed E-state index contributed by atoms with van der Waals surface area (Å²) in [4.78, 5) is 22.1. The van der Waals surface area contributed by atoms with Crippen LogP contribution in [0.2, 0.25) is 0 Å². The number of phenolic OH excluding ortho intramolecular Hbond substituents is 1. The maximum absolute atomic E-state index is 11.8. The van der Waals surface area contributed by atoms with Gasteiger partial charge in [-0.05, 0) is 50.1 Å². The fraction of sp³-hybridized carbons (Fsp3) is 0.263. The molecule has 0 unspecified atom stereocenters. The number of carbonyl (C=O) groups excluding carboxylic acids is 1. The molecule has 28 heavy (non-hydrogen) atoms. The molecule has 0 aromatic heterocycles. The molecule has 9 heteroatoms. The molecule has 0 atom stereocenters. The first-order chi connectivity index (χ1) is 13.3. The van der Waals surface area contributed by atoms with Crippen LogP contribution < -0.4 is 14.9 Å². The SMILES string of the molecule is CCOc1cc(/C=N/NC(=O)COc2ccc(C)c(C)c2)cc([N+](=O)[O-])c1O. The molecule has 2 aromatic rings. The van der Waals surface area contributed by atoms with Crippen molar-refractivity contribution in [3.8, 4) is 17.2 Å². The van der Waals surface area contributed by atoms with Gasteiger partial charge in [0.2, 0.25) is 5.75 Å². The molecule has 0 radical (unpaired) electrons. The first kappa shape index (κ1) is 20.7. The van der Waals surface area contributed by atoms with Crippen LogP contribution in [0.3, 0.4) is 0 Å². The molecule has 9 nitrogen and oxygen atoms in total. The van der Waals surface area contributed by atoms with Crippen LogP contribution in [0, 0.1) is 24.0 Å².